The van der Waals surface area contributed by atoms with Crippen LogP contribution in [0.1, 0.15) is 23.6 Å². The monoisotopic (exact) mass is 398 g/mol. The Kier molecular flexibility index (Phi) is 5.96. The van der Waals surface area contributed by atoms with Crippen LogP contribution in [0.15, 0.2) is 36.7 Å². The number of fused-ring (bicyclic) bond motifs is 1. The molecule has 3 rings (SSSR count). The lowest BCUT2D eigenvalue weighted by Gasteiger charge is -2.11. The van der Waals surface area contributed by atoms with Gasteiger partial charge in [-0.25, -0.2) is 9.37 Å². The van der Waals surface area contributed by atoms with Crippen LogP contribution in [0.3, 0.4) is 0 Å². The number of hydrogen-bond acceptors (Lipinski definition) is 3. The molecule has 1 heterocycles. The van der Waals surface area contributed by atoms with Crippen molar-refractivity contribution in [2.24, 2.45) is 5.92 Å². The van der Waals surface area contributed by atoms with E-state index < -0.39 is 5.82 Å². The number of halogens is 2. The highest BCUT2D eigenvalue weighted by Crippen LogP contribution is 2.23. The van der Waals surface area contributed by atoms with Crippen molar-refractivity contribution in [2.45, 2.75) is 33.4 Å². The summed E-state index contributed by atoms with van der Waals surface area (Å²) in [5.74, 6) is -0.869. The predicted octanol–water partition coefficient (Wildman–Crippen LogP) is 4.16. The van der Waals surface area contributed by atoms with Gasteiger partial charge in [-0.3, -0.25) is 4.79 Å². The van der Waals surface area contributed by atoms with Crippen LogP contribution in [0.25, 0.3) is 11.0 Å². The Labute approximate surface area is 167 Å². The van der Waals surface area contributed by atoms with Gasteiger partial charge in [-0.1, -0.05) is 29.8 Å². The quantitative estimate of drug-likeness (QED) is 0.677. The molecule has 0 saturated carbocycles. The highest BCUT2D eigenvalue weighted by atomic mass is 35.5. The van der Waals surface area contributed by atoms with Crippen molar-refractivity contribution in [3.8, 4) is 6.07 Å². The molecule has 0 spiro atoms. The summed E-state index contributed by atoms with van der Waals surface area (Å²) < 4.78 is 15.7. The molecular formula is C21H20ClFN4O. The summed E-state index contributed by atoms with van der Waals surface area (Å²) in [6, 6.07) is 11.3. The molecule has 0 radical (unpaired) electrons. The Morgan fingerprint density at radius 3 is 2.89 bits per heavy atom. The second-order valence-electron chi connectivity index (χ2n) is 6.87. The van der Waals surface area contributed by atoms with Crippen molar-refractivity contribution in [1.29, 1.82) is 5.26 Å². The molecule has 0 saturated heterocycles. The lowest BCUT2D eigenvalue weighted by Crippen LogP contribution is -2.27. The van der Waals surface area contributed by atoms with Crippen molar-refractivity contribution < 1.29 is 9.18 Å². The normalized spacial score (nSPS) is 12.0. The second kappa shape index (κ2) is 8.41. The van der Waals surface area contributed by atoms with Gasteiger partial charge in [0.15, 0.2) is 5.82 Å². The van der Waals surface area contributed by atoms with Crippen LogP contribution in [0, 0.1) is 30.0 Å². The van der Waals surface area contributed by atoms with Gasteiger partial charge < -0.3 is 9.88 Å². The van der Waals surface area contributed by atoms with E-state index in [2.05, 4.69) is 16.4 Å². The number of nitriles is 1. The predicted molar refractivity (Wildman–Crippen MR) is 106 cm³/mol. The highest BCUT2D eigenvalue weighted by Gasteiger charge is 2.14. The van der Waals surface area contributed by atoms with Crippen LogP contribution in [-0.2, 0) is 24.3 Å². The van der Waals surface area contributed by atoms with Gasteiger partial charge in [-0.2, -0.15) is 5.26 Å². The van der Waals surface area contributed by atoms with E-state index >= 15 is 0 Å². The summed E-state index contributed by atoms with van der Waals surface area (Å²) in [5, 5.41) is 11.8. The van der Waals surface area contributed by atoms with E-state index in [4.69, 9.17) is 16.9 Å². The minimum atomic E-state index is -0.581. The summed E-state index contributed by atoms with van der Waals surface area (Å²) >= 11 is 5.83. The van der Waals surface area contributed by atoms with E-state index in [-0.39, 0.29) is 28.9 Å². The molecule has 28 heavy (non-hydrogen) atoms. The van der Waals surface area contributed by atoms with Gasteiger partial charge in [-0.15, -0.1) is 0 Å². The topological polar surface area (TPSA) is 70.7 Å². The van der Waals surface area contributed by atoms with Gasteiger partial charge in [0.2, 0.25) is 5.91 Å². The Hall–Kier alpha value is -2.91. The van der Waals surface area contributed by atoms with E-state index in [0.29, 0.717) is 18.5 Å². The van der Waals surface area contributed by atoms with Crippen LogP contribution in [0.5, 0.6) is 0 Å². The largest absolute Gasteiger partial charge is 0.350 e. The first-order valence-electron chi connectivity index (χ1n) is 8.92. The molecule has 1 amide bonds. The minimum Gasteiger partial charge on any atom is -0.350 e. The van der Waals surface area contributed by atoms with Crippen LogP contribution in [0.2, 0.25) is 5.02 Å². The number of carbonyl (C=O) groups excluding carboxylic acids is 1. The van der Waals surface area contributed by atoms with E-state index in [9.17, 15) is 9.18 Å². The Balaban J connectivity index is 1.65. The van der Waals surface area contributed by atoms with Crippen molar-refractivity contribution in [3.63, 3.8) is 0 Å². The molecule has 1 N–H and O–H groups in total. The number of aromatic nitrogens is 2. The lowest BCUT2D eigenvalue weighted by atomic mass is 9.98. The molecule has 1 unspecified atom stereocenters. The van der Waals surface area contributed by atoms with Crippen molar-refractivity contribution in [1.82, 2.24) is 14.9 Å². The van der Waals surface area contributed by atoms with E-state index in [0.717, 1.165) is 16.7 Å². The number of nitrogens with one attached hydrogen (secondary N) is 1. The molecule has 2 aromatic carbocycles. The van der Waals surface area contributed by atoms with Crippen LogP contribution < -0.4 is 5.32 Å². The molecule has 144 valence electrons. The third-order valence-electron chi connectivity index (χ3n) is 4.63. The third-order valence-corrected chi connectivity index (χ3v) is 4.92. The molecule has 5 nitrogen and oxygen atoms in total. The molecule has 0 aliphatic rings. The first-order chi connectivity index (χ1) is 13.4. The lowest BCUT2D eigenvalue weighted by molar-refractivity contribution is -0.121. The second-order valence-corrected chi connectivity index (χ2v) is 7.28. The Morgan fingerprint density at radius 2 is 2.18 bits per heavy atom. The number of carbonyl (C=O) groups is 1. The summed E-state index contributed by atoms with van der Waals surface area (Å²) in [6.07, 6.45) is 2.13. The van der Waals surface area contributed by atoms with Crippen LogP contribution in [0.4, 0.5) is 4.39 Å². The summed E-state index contributed by atoms with van der Waals surface area (Å²) in [7, 11) is 0. The number of rotatable bonds is 6. The van der Waals surface area contributed by atoms with E-state index in [1.54, 1.807) is 6.07 Å². The van der Waals surface area contributed by atoms with Crippen LogP contribution >= 0.6 is 11.6 Å². The summed E-state index contributed by atoms with van der Waals surface area (Å²) in [4.78, 5) is 16.4. The first kappa shape index (κ1) is 19.8. The molecular weight excluding hydrogens is 379 g/mol. The van der Waals surface area contributed by atoms with Crippen LogP contribution in [-0.4, -0.2) is 15.5 Å². The maximum Gasteiger partial charge on any atom is 0.240 e. The molecule has 3 aromatic rings. The van der Waals surface area contributed by atoms with E-state index in [1.807, 2.05) is 32.0 Å². The van der Waals surface area contributed by atoms with Gasteiger partial charge in [0.1, 0.15) is 12.1 Å². The number of amides is 1. The molecule has 7 heteroatoms. The Bertz CT molecular complexity index is 1070. The summed E-state index contributed by atoms with van der Waals surface area (Å²) in [6.45, 7) is 4.18. The smallest absolute Gasteiger partial charge is 0.240 e. The highest BCUT2D eigenvalue weighted by molar-refractivity contribution is 6.31. The molecule has 0 aliphatic carbocycles. The number of benzene rings is 2. The van der Waals surface area contributed by atoms with E-state index in [1.165, 1.54) is 17.0 Å². The molecule has 1 atom stereocenters. The Morgan fingerprint density at radius 1 is 1.39 bits per heavy atom. The minimum absolute atomic E-state index is 0.00362. The average Bonchev–Trinajstić information content (AvgIpc) is 3.07. The fourth-order valence-corrected chi connectivity index (χ4v) is 3.26. The zero-order valence-electron chi connectivity index (χ0n) is 15.7. The number of imidazole rings is 1. The van der Waals surface area contributed by atoms with Gasteiger partial charge in [0.05, 0.1) is 22.9 Å². The van der Waals surface area contributed by atoms with Gasteiger partial charge in [-0.05, 0) is 49.1 Å². The molecule has 0 aliphatic heterocycles. The average molecular weight is 399 g/mol. The standard InChI is InChI=1S/C21H20ClFN4O/c1-13(9-24)7-15-3-4-16(14(2)8-15)10-25-19(28)11-27-12-26-18-6-5-17(22)20(23)21(18)27/h3-6,8,12-13H,7,10-11H2,1-2H3,(H,25,28). The number of hydrogen-bond donors (Lipinski definition) is 1. The third kappa shape index (κ3) is 4.32. The molecule has 1 aromatic heterocycles. The zero-order valence-corrected chi connectivity index (χ0v) is 16.4. The van der Waals surface area contributed by atoms with Crippen molar-refractivity contribution in [2.75, 3.05) is 0 Å². The molecule has 0 bridgehead atoms. The SMILES string of the molecule is Cc1cc(CC(C)C#N)ccc1CNC(=O)Cn1cnc2ccc(Cl)c(F)c21. The number of nitrogens with zero attached hydrogens (tertiary/aromatic N) is 3. The maximum absolute atomic E-state index is 14.3. The maximum atomic E-state index is 14.3. The van der Waals surface area contributed by atoms with Crippen molar-refractivity contribution in [3.05, 3.63) is 64.2 Å². The zero-order chi connectivity index (χ0) is 20.3. The van der Waals surface area contributed by atoms with Crippen molar-refractivity contribution >= 4 is 28.5 Å². The fourth-order valence-electron chi connectivity index (χ4n) is 3.10. The number of aryl methyl sites for hydroxylation is 1. The van der Waals surface area contributed by atoms with Gasteiger partial charge in [0, 0.05) is 12.5 Å². The first-order valence-corrected chi connectivity index (χ1v) is 9.30. The van der Waals surface area contributed by atoms with Gasteiger partial charge >= 0.3 is 0 Å². The summed E-state index contributed by atoms with van der Waals surface area (Å²) in [5.41, 5.74) is 3.81. The van der Waals surface area contributed by atoms with Gasteiger partial charge in [0.25, 0.3) is 0 Å². The fraction of sp³-hybridized carbons (Fsp3) is 0.286. The molecule has 0 fully saturated rings.